The van der Waals surface area contributed by atoms with Crippen LogP contribution in [0.4, 0.5) is 5.82 Å². The Hall–Kier alpha value is -2.85. The van der Waals surface area contributed by atoms with Crippen LogP contribution in [0.25, 0.3) is 17.2 Å². The Morgan fingerprint density at radius 3 is 3.04 bits per heavy atom. The van der Waals surface area contributed by atoms with Gasteiger partial charge in [0.05, 0.1) is 25.2 Å². The molecule has 0 bridgehead atoms. The summed E-state index contributed by atoms with van der Waals surface area (Å²) in [6.45, 7) is 2.11. The normalized spacial score (nSPS) is 17.5. The molecule has 0 amide bonds. The number of aromatic amines is 1. The Morgan fingerprint density at radius 2 is 2.15 bits per heavy atom. The van der Waals surface area contributed by atoms with Crippen LogP contribution < -0.4 is 4.90 Å². The largest absolute Gasteiger partial charge is 0.370 e. The summed E-state index contributed by atoms with van der Waals surface area (Å²) in [7, 11) is 0. The van der Waals surface area contributed by atoms with Crippen LogP contribution in [0.1, 0.15) is 11.7 Å². The lowest BCUT2D eigenvalue weighted by Crippen LogP contribution is -2.38. The van der Waals surface area contributed by atoms with Crippen molar-refractivity contribution in [3.8, 4) is 11.5 Å². The highest BCUT2D eigenvalue weighted by molar-refractivity contribution is 9.10. The molecule has 0 saturated carbocycles. The van der Waals surface area contributed by atoms with Crippen molar-refractivity contribution in [2.45, 2.75) is 6.10 Å². The summed E-state index contributed by atoms with van der Waals surface area (Å²) in [5, 5.41) is 6.85. The van der Waals surface area contributed by atoms with Crippen LogP contribution in [0.2, 0.25) is 0 Å². The van der Waals surface area contributed by atoms with Gasteiger partial charge in [-0.1, -0.05) is 0 Å². The van der Waals surface area contributed by atoms with Crippen molar-refractivity contribution in [3.63, 3.8) is 0 Å². The van der Waals surface area contributed by atoms with Crippen molar-refractivity contribution in [1.82, 2.24) is 34.5 Å². The number of rotatable bonds is 3. The number of ether oxygens (including phenoxy) is 1. The molecule has 1 saturated heterocycles. The molecule has 1 atom stereocenters. The number of fused-ring (bicyclic) bond motifs is 1. The minimum Gasteiger partial charge on any atom is -0.370 e. The zero-order chi connectivity index (χ0) is 18.2. The molecule has 0 spiro atoms. The van der Waals surface area contributed by atoms with Gasteiger partial charge in [-0.25, -0.2) is 19.9 Å². The molecule has 1 unspecified atom stereocenters. The Labute approximate surface area is 162 Å². The highest BCUT2D eigenvalue weighted by atomic mass is 79.9. The predicted molar refractivity (Wildman–Crippen MR) is 101 cm³/mol. The maximum absolute atomic E-state index is 5.88. The number of halogens is 1. The summed E-state index contributed by atoms with van der Waals surface area (Å²) < 4.78 is 8.52. The van der Waals surface area contributed by atoms with Crippen molar-refractivity contribution in [3.05, 3.63) is 53.4 Å². The number of nitrogens with one attached hydrogen (secondary N) is 1. The zero-order valence-corrected chi connectivity index (χ0v) is 15.7. The summed E-state index contributed by atoms with van der Waals surface area (Å²) in [6.07, 6.45) is 10.7. The molecule has 1 aliphatic heterocycles. The number of hydrogen-bond donors (Lipinski definition) is 1. The molecule has 1 aliphatic rings. The fourth-order valence-electron chi connectivity index (χ4n) is 3.18. The molecule has 0 aromatic carbocycles. The van der Waals surface area contributed by atoms with E-state index in [-0.39, 0.29) is 6.10 Å². The second-order valence-electron chi connectivity index (χ2n) is 6.16. The van der Waals surface area contributed by atoms with Gasteiger partial charge in [0, 0.05) is 37.2 Å². The summed E-state index contributed by atoms with van der Waals surface area (Å²) >= 11 is 3.40. The molecule has 1 N–H and O–H groups in total. The number of hydrogen-bond acceptors (Lipinski definition) is 7. The van der Waals surface area contributed by atoms with Crippen molar-refractivity contribution < 1.29 is 4.74 Å². The van der Waals surface area contributed by atoms with Crippen LogP contribution >= 0.6 is 15.9 Å². The Balaban J connectivity index is 1.47. The van der Waals surface area contributed by atoms with Gasteiger partial charge in [0.25, 0.3) is 0 Å². The topological polar surface area (TPSA) is 97.1 Å². The number of aromatic nitrogens is 7. The SMILES string of the molecule is Brc1cn2c(-c3nccc(N4CCOC(c5cn[nH]c5)C4)n3)cnc2cn1. The van der Waals surface area contributed by atoms with E-state index in [9.17, 15) is 0 Å². The Kier molecular flexibility index (Phi) is 4.06. The van der Waals surface area contributed by atoms with Crippen LogP contribution in [0, 0.1) is 0 Å². The van der Waals surface area contributed by atoms with Gasteiger partial charge in [-0.2, -0.15) is 5.10 Å². The lowest BCUT2D eigenvalue weighted by atomic mass is 10.1. The first kappa shape index (κ1) is 16.3. The second-order valence-corrected chi connectivity index (χ2v) is 6.97. The van der Waals surface area contributed by atoms with E-state index < -0.39 is 0 Å². The van der Waals surface area contributed by atoms with Gasteiger partial charge in [-0.3, -0.25) is 9.50 Å². The lowest BCUT2D eigenvalue weighted by molar-refractivity contribution is 0.0395. The quantitative estimate of drug-likeness (QED) is 0.536. The van der Waals surface area contributed by atoms with E-state index in [2.05, 4.69) is 46.0 Å². The fourth-order valence-corrected chi connectivity index (χ4v) is 3.48. The average Bonchev–Trinajstić information content (AvgIpc) is 3.38. The molecule has 9 nitrogen and oxygen atoms in total. The number of H-pyrrole nitrogens is 1. The second kappa shape index (κ2) is 6.71. The Bertz CT molecular complexity index is 1080. The third kappa shape index (κ3) is 3.06. The third-order valence-electron chi connectivity index (χ3n) is 4.52. The standard InChI is InChI=1S/C17H15BrN8O/c18-14-10-26-12(7-21-16(26)8-20-14)17-19-2-1-15(24-17)25-3-4-27-13(9-25)11-5-22-23-6-11/h1-2,5-8,10,13H,3-4,9H2,(H,22,23). The molecule has 27 heavy (non-hydrogen) atoms. The number of morpholine rings is 1. The van der Waals surface area contributed by atoms with E-state index >= 15 is 0 Å². The number of imidazole rings is 1. The van der Waals surface area contributed by atoms with Gasteiger partial charge in [-0.05, 0) is 22.0 Å². The van der Waals surface area contributed by atoms with Gasteiger partial charge in [0.1, 0.15) is 22.2 Å². The monoisotopic (exact) mass is 426 g/mol. The molecule has 5 rings (SSSR count). The van der Waals surface area contributed by atoms with Crippen LogP contribution in [0.15, 0.2) is 47.9 Å². The van der Waals surface area contributed by atoms with Gasteiger partial charge in [-0.15, -0.1) is 0 Å². The minimum atomic E-state index is -0.0336. The first-order chi connectivity index (χ1) is 13.3. The van der Waals surface area contributed by atoms with Gasteiger partial charge >= 0.3 is 0 Å². The summed E-state index contributed by atoms with van der Waals surface area (Å²) in [5.41, 5.74) is 2.59. The van der Waals surface area contributed by atoms with E-state index in [4.69, 9.17) is 9.72 Å². The summed E-state index contributed by atoms with van der Waals surface area (Å²) in [4.78, 5) is 20.0. The molecule has 4 aromatic heterocycles. The third-order valence-corrected chi connectivity index (χ3v) is 4.93. The molecule has 1 fully saturated rings. The van der Waals surface area contributed by atoms with Crippen molar-refractivity contribution in [2.75, 3.05) is 24.6 Å². The molecular formula is C17H15BrN8O. The number of nitrogens with zero attached hydrogens (tertiary/aromatic N) is 7. The maximum Gasteiger partial charge on any atom is 0.180 e. The van der Waals surface area contributed by atoms with Gasteiger partial charge < -0.3 is 9.64 Å². The molecule has 10 heteroatoms. The molecule has 0 aliphatic carbocycles. The smallest absolute Gasteiger partial charge is 0.180 e. The molecule has 5 heterocycles. The zero-order valence-electron chi connectivity index (χ0n) is 14.2. The molecule has 0 radical (unpaired) electrons. The average molecular weight is 427 g/mol. The van der Waals surface area contributed by atoms with E-state index in [0.29, 0.717) is 19.0 Å². The van der Waals surface area contributed by atoms with Crippen LogP contribution in [-0.2, 0) is 4.74 Å². The van der Waals surface area contributed by atoms with Crippen LogP contribution in [-0.4, -0.2) is 54.2 Å². The van der Waals surface area contributed by atoms with Crippen LogP contribution in [0.5, 0.6) is 0 Å². The highest BCUT2D eigenvalue weighted by Crippen LogP contribution is 2.26. The first-order valence-corrected chi connectivity index (χ1v) is 9.24. The predicted octanol–water partition coefficient (Wildman–Crippen LogP) is 2.25. The molecular weight excluding hydrogens is 412 g/mol. The van der Waals surface area contributed by atoms with Crippen LogP contribution in [0.3, 0.4) is 0 Å². The fraction of sp³-hybridized carbons (Fsp3) is 0.235. The van der Waals surface area contributed by atoms with Gasteiger partial charge in [0.2, 0.25) is 0 Å². The van der Waals surface area contributed by atoms with E-state index in [1.807, 2.05) is 22.9 Å². The minimum absolute atomic E-state index is 0.0336. The van der Waals surface area contributed by atoms with Crippen molar-refractivity contribution in [1.29, 1.82) is 0 Å². The van der Waals surface area contributed by atoms with E-state index in [1.165, 1.54) is 0 Å². The lowest BCUT2D eigenvalue weighted by Gasteiger charge is -2.33. The maximum atomic E-state index is 5.88. The summed E-state index contributed by atoms with van der Waals surface area (Å²) in [5.74, 6) is 1.48. The van der Waals surface area contributed by atoms with Gasteiger partial charge in [0.15, 0.2) is 11.5 Å². The van der Waals surface area contributed by atoms with E-state index in [0.717, 1.165) is 33.9 Å². The Morgan fingerprint density at radius 1 is 1.19 bits per heavy atom. The summed E-state index contributed by atoms with van der Waals surface area (Å²) in [6, 6.07) is 1.92. The van der Waals surface area contributed by atoms with Crippen molar-refractivity contribution >= 4 is 27.4 Å². The number of anilines is 1. The van der Waals surface area contributed by atoms with Crippen molar-refractivity contribution in [2.24, 2.45) is 0 Å². The van der Waals surface area contributed by atoms with E-state index in [1.54, 1.807) is 24.8 Å². The highest BCUT2D eigenvalue weighted by Gasteiger charge is 2.24. The first-order valence-electron chi connectivity index (χ1n) is 8.45. The molecule has 136 valence electrons. The molecule has 4 aromatic rings.